The summed E-state index contributed by atoms with van der Waals surface area (Å²) in [5.74, 6) is -0.262. The van der Waals surface area contributed by atoms with Gasteiger partial charge < -0.3 is 65.1 Å². The zero-order chi connectivity index (χ0) is 46.8. The van der Waals surface area contributed by atoms with Crippen LogP contribution in [0.15, 0.2) is 48.6 Å². The maximum atomic E-state index is 13.1. The van der Waals surface area contributed by atoms with Gasteiger partial charge in [0.15, 0.2) is 12.6 Å². The van der Waals surface area contributed by atoms with Gasteiger partial charge in [0, 0.05) is 6.42 Å². The van der Waals surface area contributed by atoms with E-state index in [1.165, 1.54) is 83.5 Å². The lowest BCUT2D eigenvalue weighted by Gasteiger charge is -2.46. The van der Waals surface area contributed by atoms with Crippen molar-refractivity contribution in [3.05, 3.63) is 48.6 Å². The zero-order valence-electron chi connectivity index (χ0n) is 39.3. The van der Waals surface area contributed by atoms with Gasteiger partial charge in [-0.1, -0.05) is 146 Å². The fourth-order valence-corrected chi connectivity index (χ4v) is 7.83. The number of amides is 1. The van der Waals surface area contributed by atoms with E-state index >= 15 is 0 Å². The molecule has 2 rings (SSSR count). The van der Waals surface area contributed by atoms with Gasteiger partial charge in [-0.15, -0.1) is 0 Å². The number of carbonyl (C=O) groups is 1. The molecule has 0 bridgehead atoms. The molecular weight excluding hydrogens is 823 g/mol. The van der Waals surface area contributed by atoms with Gasteiger partial charge in [0.05, 0.1) is 32.0 Å². The first-order valence-corrected chi connectivity index (χ1v) is 24.9. The molecule has 0 saturated carbocycles. The molecule has 2 fully saturated rings. The summed E-state index contributed by atoms with van der Waals surface area (Å²) < 4.78 is 22.6. The van der Waals surface area contributed by atoms with Crippen molar-refractivity contribution in [1.82, 2.24) is 5.32 Å². The number of allylic oxidation sites excluding steroid dienone is 7. The molecule has 0 spiro atoms. The number of carbonyl (C=O) groups excluding carboxylic acids is 1. The molecule has 0 radical (unpaired) electrons. The van der Waals surface area contributed by atoms with Crippen LogP contribution in [0.25, 0.3) is 0 Å². The summed E-state index contributed by atoms with van der Waals surface area (Å²) in [6.45, 7) is 2.69. The summed E-state index contributed by atoms with van der Waals surface area (Å²) in [7, 11) is 0. The van der Waals surface area contributed by atoms with E-state index in [-0.39, 0.29) is 18.9 Å². The number of aliphatic hydroxyl groups excluding tert-OH is 8. The van der Waals surface area contributed by atoms with Gasteiger partial charge in [-0.3, -0.25) is 4.79 Å². The molecule has 1 amide bonds. The fourth-order valence-electron chi connectivity index (χ4n) is 7.83. The van der Waals surface area contributed by atoms with Crippen LogP contribution in [-0.4, -0.2) is 140 Å². The second-order valence-electron chi connectivity index (χ2n) is 17.6. The van der Waals surface area contributed by atoms with Crippen molar-refractivity contribution in [2.75, 3.05) is 19.8 Å². The van der Waals surface area contributed by atoms with Crippen LogP contribution in [0.2, 0.25) is 0 Å². The number of rotatable bonds is 37. The van der Waals surface area contributed by atoms with E-state index in [9.17, 15) is 45.6 Å². The normalized spacial score (nSPS) is 27.7. The molecule has 12 unspecified atom stereocenters. The summed E-state index contributed by atoms with van der Waals surface area (Å²) in [6, 6.07) is -0.938. The smallest absolute Gasteiger partial charge is 0.220 e. The molecule has 2 heterocycles. The van der Waals surface area contributed by atoms with Crippen molar-refractivity contribution in [1.29, 1.82) is 0 Å². The Balaban J connectivity index is 1.86. The Labute approximate surface area is 384 Å². The lowest BCUT2D eigenvalue weighted by molar-refractivity contribution is -0.359. The van der Waals surface area contributed by atoms with E-state index in [0.29, 0.717) is 12.8 Å². The van der Waals surface area contributed by atoms with Gasteiger partial charge in [-0.05, 0) is 64.2 Å². The van der Waals surface area contributed by atoms with Crippen LogP contribution in [0, 0.1) is 0 Å². The van der Waals surface area contributed by atoms with Gasteiger partial charge in [-0.2, -0.15) is 0 Å². The highest BCUT2D eigenvalue weighted by Gasteiger charge is 2.51. The van der Waals surface area contributed by atoms with E-state index in [0.717, 1.165) is 51.4 Å². The molecule has 2 aliphatic rings. The van der Waals surface area contributed by atoms with E-state index < -0.39 is 86.8 Å². The van der Waals surface area contributed by atoms with E-state index in [2.05, 4.69) is 55.6 Å². The number of ether oxygens (including phenoxy) is 4. The lowest BCUT2D eigenvalue weighted by Crippen LogP contribution is -2.65. The molecule has 9 N–H and O–H groups in total. The third kappa shape index (κ3) is 24.1. The van der Waals surface area contributed by atoms with Crippen LogP contribution < -0.4 is 5.32 Å². The summed E-state index contributed by atoms with van der Waals surface area (Å²) in [4.78, 5) is 13.1. The first-order chi connectivity index (χ1) is 31.1. The minimum atomic E-state index is -1.79. The quantitative estimate of drug-likeness (QED) is 0.0254. The summed E-state index contributed by atoms with van der Waals surface area (Å²) >= 11 is 0. The monoisotopic (exact) mass is 912 g/mol. The number of hydrogen-bond acceptors (Lipinski definition) is 13. The molecule has 0 aromatic carbocycles. The molecular formula is C50H89NO13. The number of hydrogen-bond donors (Lipinski definition) is 9. The predicted octanol–water partition coefficient (Wildman–Crippen LogP) is 6.10. The van der Waals surface area contributed by atoms with Crippen molar-refractivity contribution < 1.29 is 64.6 Å². The van der Waals surface area contributed by atoms with E-state index in [1.54, 1.807) is 6.08 Å². The molecule has 0 aliphatic carbocycles. The highest BCUT2D eigenvalue weighted by atomic mass is 16.7. The van der Waals surface area contributed by atoms with E-state index in [1.807, 2.05) is 6.08 Å². The number of aliphatic hydroxyl groups is 8. The van der Waals surface area contributed by atoms with Crippen molar-refractivity contribution in [3.63, 3.8) is 0 Å². The van der Waals surface area contributed by atoms with Gasteiger partial charge >= 0.3 is 0 Å². The Kier molecular flexibility index (Phi) is 33.6. The molecule has 0 aromatic rings. The lowest BCUT2D eigenvalue weighted by atomic mass is 9.97. The molecule has 14 heteroatoms. The topological polar surface area (TPSA) is 228 Å². The Morgan fingerprint density at radius 2 is 1.02 bits per heavy atom. The Bertz CT molecular complexity index is 1260. The zero-order valence-corrected chi connectivity index (χ0v) is 39.3. The average molecular weight is 912 g/mol. The molecule has 0 aromatic heterocycles. The van der Waals surface area contributed by atoms with Gasteiger partial charge in [0.1, 0.15) is 48.8 Å². The largest absolute Gasteiger partial charge is 0.394 e. The maximum Gasteiger partial charge on any atom is 0.220 e. The van der Waals surface area contributed by atoms with Gasteiger partial charge in [0.2, 0.25) is 5.91 Å². The minimum absolute atomic E-state index is 0.262. The average Bonchev–Trinajstić information content (AvgIpc) is 3.29. The number of unbranched alkanes of at least 4 members (excludes halogenated alkanes) is 18. The summed E-state index contributed by atoms with van der Waals surface area (Å²) in [5.41, 5.74) is 0. The molecule has 2 saturated heterocycles. The Morgan fingerprint density at radius 3 is 1.58 bits per heavy atom. The van der Waals surface area contributed by atoms with Gasteiger partial charge in [-0.25, -0.2) is 0 Å². The minimum Gasteiger partial charge on any atom is -0.394 e. The Hall–Kier alpha value is -2.05. The van der Waals surface area contributed by atoms with Crippen molar-refractivity contribution in [2.45, 2.75) is 242 Å². The van der Waals surface area contributed by atoms with Crippen molar-refractivity contribution in [2.24, 2.45) is 0 Å². The standard InChI is InChI=1S/C50H89NO13/c1-3-5-7-9-11-13-15-17-18-19-20-21-22-24-26-28-30-32-34-42(55)51-38(39(54)33-31-29-27-25-23-16-14-12-10-8-6-4-2)37-61-49-47(60)45(58)48(41(36-53)63-49)64-50-46(59)44(57)43(56)40(35-52)62-50/h10,12,18-19,23,25,31,33,38-41,43-50,52-54,56-60H,3-9,11,13-17,20-22,24,26-30,32,34-37H2,1-2H3,(H,51,55)/b12-10+,19-18-,25-23+,33-31+. The third-order valence-corrected chi connectivity index (χ3v) is 12.0. The van der Waals surface area contributed by atoms with Crippen LogP contribution in [0.5, 0.6) is 0 Å². The molecule has 14 nitrogen and oxygen atoms in total. The number of nitrogens with one attached hydrogen (secondary N) is 1. The van der Waals surface area contributed by atoms with Crippen molar-refractivity contribution >= 4 is 5.91 Å². The summed E-state index contributed by atoms with van der Waals surface area (Å²) in [6.07, 6.45) is 25.9. The Morgan fingerprint density at radius 1 is 0.547 bits per heavy atom. The van der Waals surface area contributed by atoms with E-state index in [4.69, 9.17) is 18.9 Å². The third-order valence-electron chi connectivity index (χ3n) is 12.0. The molecule has 372 valence electrons. The molecule has 12 atom stereocenters. The fraction of sp³-hybridized carbons (Fsp3) is 0.820. The maximum absolute atomic E-state index is 13.1. The summed E-state index contributed by atoms with van der Waals surface area (Å²) in [5, 5.41) is 86.6. The predicted molar refractivity (Wildman–Crippen MR) is 249 cm³/mol. The first-order valence-electron chi connectivity index (χ1n) is 24.9. The van der Waals surface area contributed by atoms with Crippen LogP contribution in [-0.2, 0) is 23.7 Å². The van der Waals surface area contributed by atoms with Crippen LogP contribution >= 0.6 is 0 Å². The molecule has 64 heavy (non-hydrogen) atoms. The van der Waals surface area contributed by atoms with Crippen LogP contribution in [0.3, 0.4) is 0 Å². The first kappa shape index (κ1) is 58.1. The van der Waals surface area contributed by atoms with Crippen LogP contribution in [0.4, 0.5) is 0 Å². The SMILES string of the molecule is CCCC/C=C/CC/C=C/CC/C=C/C(O)C(COC1OC(CO)C(OC2OC(CO)C(O)C(O)C2O)C(O)C1O)NC(=O)CCCCCCCCC/C=C\CCCCCCCCC. The highest BCUT2D eigenvalue weighted by molar-refractivity contribution is 5.76. The van der Waals surface area contributed by atoms with Crippen molar-refractivity contribution in [3.8, 4) is 0 Å². The van der Waals surface area contributed by atoms with Crippen LogP contribution in [0.1, 0.15) is 168 Å². The molecule has 2 aliphatic heterocycles. The second kappa shape index (κ2) is 37.0. The second-order valence-corrected chi connectivity index (χ2v) is 17.6. The highest BCUT2D eigenvalue weighted by Crippen LogP contribution is 2.30. The van der Waals surface area contributed by atoms with Gasteiger partial charge in [0.25, 0.3) is 0 Å².